The summed E-state index contributed by atoms with van der Waals surface area (Å²) in [6.07, 6.45) is 1.07. The van der Waals surface area contributed by atoms with Gasteiger partial charge >= 0.3 is 5.97 Å². The average molecular weight is 237 g/mol. The molecule has 0 radical (unpaired) electrons. The van der Waals surface area contributed by atoms with Gasteiger partial charge in [0.25, 0.3) is 0 Å². The average Bonchev–Trinajstić information content (AvgIpc) is 2.37. The first-order chi connectivity index (χ1) is 8.33. The molecule has 0 heterocycles. The largest absolute Gasteiger partial charge is 0.482 e. The van der Waals surface area contributed by atoms with E-state index in [0.717, 1.165) is 13.0 Å². The molecule has 0 aromatic heterocycles. The van der Waals surface area contributed by atoms with Crippen molar-refractivity contribution in [1.29, 1.82) is 0 Å². The van der Waals surface area contributed by atoms with Crippen molar-refractivity contribution < 1.29 is 14.3 Å². The predicted octanol–water partition coefficient (Wildman–Crippen LogP) is 1.61. The van der Waals surface area contributed by atoms with E-state index >= 15 is 0 Å². The molecule has 0 aliphatic rings. The van der Waals surface area contributed by atoms with Gasteiger partial charge in [-0.3, -0.25) is 0 Å². The number of nitrogens with one attached hydrogen (secondary N) is 1. The summed E-state index contributed by atoms with van der Waals surface area (Å²) in [6, 6.07) is 9.21. The molecule has 1 N–H and O–H groups in total. The fraction of sp³-hybridized carbons (Fsp3) is 0.462. The van der Waals surface area contributed by atoms with Crippen molar-refractivity contribution in [3.63, 3.8) is 0 Å². The summed E-state index contributed by atoms with van der Waals surface area (Å²) in [7, 11) is 0. The van der Waals surface area contributed by atoms with Crippen molar-refractivity contribution in [2.45, 2.75) is 13.3 Å². The quantitative estimate of drug-likeness (QED) is 0.551. The zero-order chi connectivity index (χ0) is 12.3. The van der Waals surface area contributed by atoms with Crippen molar-refractivity contribution in [2.75, 3.05) is 26.3 Å². The van der Waals surface area contributed by atoms with Crippen LogP contribution in [0.2, 0.25) is 0 Å². The van der Waals surface area contributed by atoms with E-state index in [9.17, 15) is 4.79 Å². The zero-order valence-corrected chi connectivity index (χ0v) is 10.1. The van der Waals surface area contributed by atoms with E-state index in [1.807, 2.05) is 18.2 Å². The molecule has 0 amide bonds. The number of ether oxygens (including phenoxy) is 2. The molecule has 0 unspecified atom stereocenters. The first-order valence-corrected chi connectivity index (χ1v) is 5.87. The number of hydrogen-bond acceptors (Lipinski definition) is 4. The Labute approximate surface area is 102 Å². The third-order valence-electron chi connectivity index (χ3n) is 2.07. The molecular formula is C13H19NO3. The van der Waals surface area contributed by atoms with Gasteiger partial charge in [0.15, 0.2) is 6.61 Å². The summed E-state index contributed by atoms with van der Waals surface area (Å²) >= 11 is 0. The summed E-state index contributed by atoms with van der Waals surface area (Å²) in [5.74, 6) is 0.334. The molecule has 4 heteroatoms. The number of carbonyl (C=O) groups is 1. The molecule has 0 saturated carbocycles. The first-order valence-electron chi connectivity index (χ1n) is 5.87. The van der Waals surface area contributed by atoms with Gasteiger partial charge in [0.05, 0.1) is 0 Å². The lowest BCUT2D eigenvalue weighted by Crippen LogP contribution is -2.24. The number of benzene rings is 1. The van der Waals surface area contributed by atoms with Gasteiger partial charge in [0, 0.05) is 6.54 Å². The van der Waals surface area contributed by atoms with E-state index < -0.39 is 0 Å². The van der Waals surface area contributed by atoms with Crippen LogP contribution < -0.4 is 10.1 Å². The highest BCUT2D eigenvalue weighted by atomic mass is 16.6. The summed E-state index contributed by atoms with van der Waals surface area (Å²) in [6.45, 7) is 4.06. The smallest absolute Gasteiger partial charge is 0.344 e. The lowest BCUT2D eigenvalue weighted by Gasteiger charge is -2.07. The molecule has 17 heavy (non-hydrogen) atoms. The molecule has 0 bridgehead atoms. The third kappa shape index (κ3) is 6.58. The minimum absolute atomic E-state index is 0.0439. The molecule has 94 valence electrons. The Morgan fingerprint density at radius 2 is 2.00 bits per heavy atom. The monoisotopic (exact) mass is 237 g/mol. The molecular weight excluding hydrogens is 218 g/mol. The van der Waals surface area contributed by atoms with Gasteiger partial charge in [-0.25, -0.2) is 4.79 Å². The van der Waals surface area contributed by atoms with Gasteiger partial charge in [-0.05, 0) is 25.1 Å². The fourth-order valence-corrected chi connectivity index (χ4v) is 1.24. The molecule has 0 spiro atoms. The van der Waals surface area contributed by atoms with Crippen LogP contribution in [-0.2, 0) is 9.53 Å². The van der Waals surface area contributed by atoms with Crippen LogP contribution >= 0.6 is 0 Å². The molecule has 1 aromatic rings. The lowest BCUT2D eigenvalue weighted by molar-refractivity contribution is -0.145. The maximum atomic E-state index is 11.3. The SMILES string of the molecule is CCCNCCOC(=O)COc1ccccc1. The molecule has 0 atom stereocenters. The van der Waals surface area contributed by atoms with Crippen molar-refractivity contribution >= 4 is 5.97 Å². The summed E-state index contributed by atoms with van der Waals surface area (Å²) < 4.78 is 10.2. The molecule has 0 aliphatic heterocycles. The number of hydrogen-bond donors (Lipinski definition) is 1. The summed E-state index contributed by atoms with van der Waals surface area (Å²) in [5.41, 5.74) is 0. The first kappa shape index (κ1) is 13.5. The van der Waals surface area contributed by atoms with Crippen LogP contribution in [-0.4, -0.2) is 32.3 Å². The minimum Gasteiger partial charge on any atom is -0.482 e. The number of carbonyl (C=O) groups excluding carboxylic acids is 1. The Balaban J connectivity index is 2.05. The van der Waals surface area contributed by atoms with Crippen molar-refractivity contribution in [1.82, 2.24) is 5.32 Å². The van der Waals surface area contributed by atoms with E-state index in [4.69, 9.17) is 9.47 Å². The van der Waals surface area contributed by atoms with E-state index in [0.29, 0.717) is 18.9 Å². The molecule has 0 aliphatic carbocycles. The van der Waals surface area contributed by atoms with E-state index in [-0.39, 0.29) is 12.6 Å². The van der Waals surface area contributed by atoms with Crippen molar-refractivity contribution in [2.24, 2.45) is 0 Å². The topological polar surface area (TPSA) is 47.6 Å². The second-order valence-electron chi connectivity index (χ2n) is 3.57. The van der Waals surface area contributed by atoms with Gasteiger partial charge in [-0.2, -0.15) is 0 Å². The number of esters is 1. The molecule has 0 fully saturated rings. The Morgan fingerprint density at radius 3 is 2.71 bits per heavy atom. The van der Waals surface area contributed by atoms with Crippen LogP contribution in [0, 0.1) is 0 Å². The van der Waals surface area contributed by atoms with Crippen molar-refractivity contribution in [3.05, 3.63) is 30.3 Å². The standard InChI is InChI=1S/C13H19NO3/c1-2-8-14-9-10-16-13(15)11-17-12-6-4-3-5-7-12/h3-7,14H,2,8-11H2,1H3. The molecule has 1 aromatic carbocycles. The van der Waals surface area contributed by atoms with Gasteiger partial charge in [-0.1, -0.05) is 25.1 Å². The van der Waals surface area contributed by atoms with E-state index in [2.05, 4.69) is 12.2 Å². The fourth-order valence-electron chi connectivity index (χ4n) is 1.24. The van der Waals surface area contributed by atoms with Crippen LogP contribution in [0.4, 0.5) is 0 Å². The Bertz CT molecular complexity index is 314. The van der Waals surface area contributed by atoms with Gasteiger partial charge < -0.3 is 14.8 Å². The maximum absolute atomic E-state index is 11.3. The molecule has 4 nitrogen and oxygen atoms in total. The van der Waals surface area contributed by atoms with Crippen LogP contribution in [0.15, 0.2) is 30.3 Å². The summed E-state index contributed by atoms with van der Waals surface area (Å²) in [4.78, 5) is 11.3. The van der Waals surface area contributed by atoms with Gasteiger partial charge in [-0.15, -0.1) is 0 Å². The lowest BCUT2D eigenvalue weighted by atomic mass is 10.3. The maximum Gasteiger partial charge on any atom is 0.344 e. The Hall–Kier alpha value is -1.55. The minimum atomic E-state index is -0.341. The van der Waals surface area contributed by atoms with E-state index in [1.54, 1.807) is 12.1 Å². The van der Waals surface area contributed by atoms with Crippen LogP contribution in [0.3, 0.4) is 0 Å². The highest BCUT2D eigenvalue weighted by molar-refractivity contribution is 5.71. The molecule has 0 saturated heterocycles. The van der Waals surface area contributed by atoms with Gasteiger partial charge in [0.2, 0.25) is 0 Å². The Kier molecular flexibility index (Phi) is 6.82. The predicted molar refractivity (Wildman–Crippen MR) is 66.1 cm³/mol. The zero-order valence-electron chi connectivity index (χ0n) is 10.1. The van der Waals surface area contributed by atoms with Crippen molar-refractivity contribution in [3.8, 4) is 5.75 Å². The normalized spacial score (nSPS) is 9.94. The number of para-hydroxylation sites is 1. The second-order valence-corrected chi connectivity index (χ2v) is 3.57. The van der Waals surface area contributed by atoms with E-state index in [1.165, 1.54) is 0 Å². The summed E-state index contributed by atoms with van der Waals surface area (Å²) in [5, 5.41) is 3.15. The van der Waals surface area contributed by atoms with Gasteiger partial charge in [0.1, 0.15) is 12.4 Å². The van der Waals surface area contributed by atoms with Crippen LogP contribution in [0.5, 0.6) is 5.75 Å². The Morgan fingerprint density at radius 1 is 1.24 bits per heavy atom. The highest BCUT2D eigenvalue weighted by Gasteiger charge is 2.03. The third-order valence-corrected chi connectivity index (χ3v) is 2.07. The molecule has 1 rings (SSSR count). The second kappa shape index (κ2) is 8.58. The number of rotatable bonds is 8. The highest BCUT2D eigenvalue weighted by Crippen LogP contribution is 2.07. The van der Waals surface area contributed by atoms with Crippen LogP contribution in [0.1, 0.15) is 13.3 Å². The van der Waals surface area contributed by atoms with Crippen LogP contribution in [0.25, 0.3) is 0 Å².